The van der Waals surface area contributed by atoms with Crippen molar-refractivity contribution in [3.63, 3.8) is 0 Å². The van der Waals surface area contributed by atoms with Gasteiger partial charge in [0.15, 0.2) is 40.5 Å². The maximum atomic E-state index is 13.6. The Bertz CT molecular complexity index is 1720. The van der Waals surface area contributed by atoms with Crippen LogP contribution in [0.4, 0.5) is 0 Å². The number of esters is 1. The van der Waals surface area contributed by atoms with Crippen molar-refractivity contribution in [1.82, 2.24) is 0 Å². The summed E-state index contributed by atoms with van der Waals surface area (Å²) in [5, 5.41) is 9.76. The SMILES string of the molecule is COC(=O)[C@@H]1CCCCC1C(=O)C1C(=O)c2ccc(C(=O)c3ccc4c(c3)C(=O)C(C(=O)C3CCCC[C@H]3CO)C4=O)cc2C1=O. The summed E-state index contributed by atoms with van der Waals surface area (Å²) in [5.41, 5.74) is 0.0623. The van der Waals surface area contributed by atoms with Gasteiger partial charge in [0.25, 0.3) is 0 Å². The second-order valence-electron chi connectivity index (χ2n) is 12.8. The number of fused-ring (bicyclic) bond motifs is 2. The van der Waals surface area contributed by atoms with Crippen molar-refractivity contribution < 1.29 is 48.2 Å². The van der Waals surface area contributed by atoms with Crippen LogP contribution in [0.15, 0.2) is 36.4 Å². The fraction of sp³-hybridized carbons (Fsp3) is 0.444. The van der Waals surface area contributed by atoms with Crippen LogP contribution >= 0.6 is 0 Å². The minimum Gasteiger partial charge on any atom is -0.469 e. The normalized spacial score (nSPS) is 27.3. The fourth-order valence-electron chi connectivity index (χ4n) is 7.89. The molecule has 4 unspecified atom stereocenters. The molecule has 4 aliphatic carbocycles. The van der Waals surface area contributed by atoms with Crippen LogP contribution in [0.5, 0.6) is 0 Å². The van der Waals surface area contributed by atoms with Gasteiger partial charge in [0, 0.05) is 51.8 Å². The molecule has 6 atom stereocenters. The number of methoxy groups -OCH3 is 1. The van der Waals surface area contributed by atoms with Gasteiger partial charge >= 0.3 is 5.97 Å². The standard InChI is InChI=1S/C36H34O10/c1-46-36(45)24-9-5-4-8-21(24)31(40)28-33(42)23-13-11-18(15-26(23)35(28)44)29(38)17-10-12-22-25(14-17)34(43)27(32(22)41)30(39)20-7-3-2-6-19(20)16-37/h10-15,19-21,24,27-28,37H,2-9,16H2,1H3/t19-,20?,21?,24+,27?,28?/m0/s1. The molecule has 2 saturated carbocycles. The lowest BCUT2D eigenvalue weighted by atomic mass is 9.73. The van der Waals surface area contributed by atoms with Crippen molar-refractivity contribution >= 4 is 46.5 Å². The number of carbonyl (C=O) groups excluding carboxylic acids is 8. The van der Waals surface area contributed by atoms with E-state index in [1.54, 1.807) is 0 Å². The zero-order chi connectivity index (χ0) is 32.9. The van der Waals surface area contributed by atoms with Crippen LogP contribution in [0.2, 0.25) is 0 Å². The smallest absolute Gasteiger partial charge is 0.309 e. The molecule has 6 rings (SSSR count). The van der Waals surface area contributed by atoms with E-state index in [1.165, 1.54) is 43.5 Å². The van der Waals surface area contributed by atoms with Gasteiger partial charge in [-0.2, -0.15) is 0 Å². The number of hydrogen-bond donors (Lipinski definition) is 1. The molecule has 0 aliphatic heterocycles. The number of rotatable bonds is 8. The molecular formula is C36H34O10. The van der Waals surface area contributed by atoms with E-state index < -0.39 is 76.0 Å². The van der Waals surface area contributed by atoms with E-state index in [0.717, 1.165) is 19.3 Å². The van der Waals surface area contributed by atoms with E-state index in [9.17, 15) is 43.5 Å². The predicted molar refractivity (Wildman–Crippen MR) is 161 cm³/mol. The Balaban J connectivity index is 1.23. The molecular weight excluding hydrogens is 592 g/mol. The Labute approximate surface area is 264 Å². The Morgan fingerprint density at radius 1 is 0.630 bits per heavy atom. The second kappa shape index (κ2) is 12.4. The Morgan fingerprint density at radius 2 is 1.07 bits per heavy atom. The minimum atomic E-state index is -1.59. The molecule has 0 radical (unpaired) electrons. The third kappa shape index (κ3) is 5.08. The van der Waals surface area contributed by atoms with Crippen LogP contribution in [0.25, 0.3) is 0 Å². The van der Waals surface area contributed by atoms with Crippen molar-refractivity contribution in [1.29, 1.82) is 0 Å². The van der Waals surface area contributed by atoms with Crippen LogP contribution in [-0.2, 0) is 19.1 Å². The summed E-state index contributed by atoms with van der Waals surface area (Å²) in [5.74, 6) is -10.4. The number of ketones is 7. The van der Waals surface area contributed by atoms with E-state index >= 15 is 0 Å². The molecule has 10 heteroatoms. The van der Waals surface area contributed by atoms with Crippen molar-refractivity contribution in [2.75, 3.05) is 13.7 Å². The third-order valence-corrected chi connectivity index (χ3v) is 10.4. The van der Waals surface area contributed by atoms with Crippen molar-refractivity contribution in [2.24, 2.45) is 35.5 Å². The highest BCUT2D eigenvalue weighted by Crippen LogP contribution is 2.39. The predicted octanol–water partition coefficient (Wildman–Crippen LogP) is 3.82. The van der Waals surface area contributed by atoms with Crippen LogP contribution in [0, 0.1) is 35.5 Å². The topological polar surface area (TPSA) is 166 Å². The summed E-state index contributed by atoms with van der Waals surface area (Å²) in [6, 6.07) is 7.94. The number of carbonyl (C=O) groups is 8. The van der Waals surface area contributed by atoms with Crippen LogP contribution in [0.1, 0.15) is 109 Å². The number of aliphatic hydroxyl groups is 1. The Hall–Kier alpha value is -4.44. The van der Waals surface area contributed by atoms with Gasteiger partial charge in [-0.3, -0.25) is 38.4 Å². The summed E-state index contributed by atoms with van der Waals surface area (Å²) >= 11 is 0. The minimum absolute atomic E-state index is 0.0188. The zero-order valence-corrected chi connectivity index (χ0v) is 25.4. The van der Waals surface area contributed by atoms with Gasteiger partial charge < -0.3 is 9.84 Å². The summed E-state index contributed by atoms with van der Waals surface area (Å²) in [4.78, 5) is 106. The summed E-state index contributed by atoms with van der Waals surface area (Å²) in [6.07, 6.45) is 4.98. The molecule has 238 valence electrons. The monoisotopic (exact) mass is 626 g/mol. The first-order chi connectivity index (χ1) is 22.1. The van der Waals surface area contributed by atoms with Gasteiger partial charge in [-0.1, -0.05) is 37.8 Å². The lowest BCUT2D eigenvalue weighted by Gasteiger charge is -2.30. The molecule has 0 spiro atoms. The molecule has 2 fully saturated rings. The first kappa shape index (κ1) is 31.5. The molecule has 46 heavy (non-hydrogen) atoms. The van der Waals surface area contributed by atoms with Crippen molar-refractivity contribution in [3.8, 4) is 0 Å². The molecule has 0 bridgehead atoms. The number of Topliss-reactive ketones (excluding diaryl/α,β-unsaturated/α-hetero) is 6. The summed E-state index contributed by atoms with van der Waals surface area (Å²) in [7, 11) is 1.23. The van der Waals surface area contributed by atoms with Crippen LogP contribution < -0.4 is 0 Å². The van der Waals surface area contributed by atoms with Gasteiger partial charge in [-0.05, 0) is 55.9 Å². The molecule has 2 aromatic carbocycles. The third-order valence-electron chi connectivity index (χ3n) is 10.4. The lowest BCUT2D eigenvalue weighted by Crippen LogP contribution is -2.39. The number of aliphatic hydroxyl groups excluding tert-OH is 1. The maximum Gasteiger partial charge on any atom is 0.309 e. The van der Waals surface area contributed by atoms with Crippen LogP contribution in [0.3, 0.4) is 0 Å². The highest BCUT2D eigenvalue weighted by Gasteiger charge is 2.50. The van der Waals surface area contributed by atoms with E-state index in [0.29, 0.717) is 32.1 Å². The van der Waals surface area contributed by atoms with E-state index in [2.05, 4.69) is 0 Å². The van der Waals surface area contributed by atoms with E-state index in [1.807, 2.05) is 0 Å². The van der Waals surface area contributed by atoms with Gasteiger partial charge in [-0.25, -0.2) is 0 Å². The summed E-state index contributed by atoms with van der Waals surface area (Å²) in [6.45, 7) is -0.199. The lowest BCUT2D eigenvalue weighted by molar-refractivity contribution is -0.151. The molecule has 0 aromatic heterocycles. The van der Waals surface area contributed by atoms with Gasteiger partial charge in [0.05, 0.1) is 13.0 Å². The van der Waals surface area contributed by atoms with Crippen LogP contribution in [-0.4, -0.2) is 65.3 Å². The first-order valence-corrected chi connectivity index (χ1v) is 15.8. The largest absolute Gasteiger partial charge is 0.469 e. The van der Waals surface area contributed by atoms with Crippen molar-refractivity contribution in [2.45, 2.75) is 51.4 Å². The van der Waals surface area contributed by atoms with E-state index in [4.69, 9.17) is 4.74 Å². The average molecular weight is 627 g/mol. The van der Waals surface area contributed by atoms with Gasteiger partial charge in [0.1, 0.15) is 11.8 Å². The Kier molecular flexibility index (Phi) is 8.50. The van der Waals surface area contributed by atoms with Gasteiger partial charge in [-0.15, -0.1) is 0 Å². The number of benzene rings is 2. The highest BCUT2D eigenvalue weighted by atomic mass is 16.5. The first-order valence-electron chi connectivity index (χ1n) is 15.8. The molecule has 0 amide bonds. The summed E-state index contributed by atoms with van der Waals surface area (Å²) < 4.78 is 4.86. The average Bonchev–Trinajstić information content (AvgIpc) is 3.49. The fourth-order valence-corrected chi connectivity index (χ4v) is 7.89. The van der Waals surface area contributed by atoms with E-state index in [-0.39, 0.29) is 45.9 Å². The quantitative estimate of drug-likeness (QED) is 0.259. The molecule has 0 heterocycles. The molecule has 1 N–H and O–H groups in total. The molecule has 0 saturated heterocycles. The zero-order valence-electron chi connectivity index (χ0n) is 25.4. The van der Waals surface area contributed by atoms with Gasteiger partial charge in [0.2, 0.25) is 0 Å². The Morgan fingerprint density at radius 3 is 1.57 bits per heavy atom. The number of hydrogen-bond acceptors (Lipinski definition) is 10. The second-order valence-corrected chi connectivity index (χ2v) is 12.8. The molecule has 2 aromatic rings. The molecule has 10 nitrogen and oxygen atoms in total. The maximum absolute atomic E-state index is 13.6. The van der Waals surface area contributed by atoms with Crippen molar-refractivity contribution in [3.05, 3.63) is 69.8 Å². The highest BCUT2D eigenvalue weighted by molar-refractivity contribution is 6.37. The number of ether oxygens (including phenoxy) is 1. The molecule has 4 aliphatic rings.